The Kier molecular flexibility index (Phi) is 5.92. The molecule has 0 saturated carbocycles. The van der Waals surface area contributed by atoms with Crippen molar-refractivity contribution in [2.75, 3.05) is 12.3 Å². The molecule has 0 aliphatic heterocycles. The highest BCUT2D eigenvalue weighted by Crippen LogP contribution is 2.33. The summed E-state index contributed by atoms with van der Waals surface area (Å²) in [5.41, 5.74) is 6.00. The Bertz CT molecular complexity index is 674. The molecule has 0 aromatic heterocycles. The van der Waals surface area contributed by atoms with Crippen molar-refractivity contribution in [3.05, 3.63) is 29.8 Å². The third kappa shape index (κ3) is 4.41. The van der Waals surface area contributed by atoms with E-state index in [4.69, 9.17) is 10.5 Å². The van der Waals surface area contributed by atoms with Gasteiger partial charge in [0.2, 0.25) is 10.0 Å². The van der Waals surface area contributed by atoms with Crippen molar-refractivity contribution in [3.8, 4) is 0 Å². The monoisotopic (exact) mass is 356 g/mol. The summed E-state index contributed by atoms with van der Waals surface area (Å²) in [7, 11) is -3.98. The van der Waals surface area contributed by atoms with Crippen LogP contribution in [-0.2, 0) is 19.5 Å². The fraction of sp³-hybridized carbons (Fsp3) is 0.588. The first-order valence-electron chi connectivity index (χ1n) is 7.94. The lowest BCUT2D eigenvalue weighted by Crippen LogP contribution is -2.48. The van der Waals surface area contributed by atoms with Gasteiger partial charge in [-0.25, -0.2) is 17.5 Å². The number of nitrogens with zero attached hydrogens (tertiary/aromatic N) is 1. The summed E-state index contributed by atoms with van der Waals surface area (Å²) in [5, 5.41) is 0. The molecule has 0 heterocycles. The van der Waals surface area contributed by atoms with Gasteiger partial charge in [0, 0.05) is 12.2 Å². The number of nitrogens with two attached hydrogens (primary N) is 1. The first kappa shape index (κ1) is 20.3. The number of nitrogen functional groups attached to an aromatic ring is 1. The zero-order valence-electron chi connectivity index (χ0n) is 15.3. The summed E-state index contributed by atoms with van der Waals surface area (Å²) in [6.45, 7) is 10.1. The van der Waals surface area contributed by atoms with Crippen LogP contribution in [0.5, 0.6) is 0 Å². The maximum atomic E-state index is 13.1. The largest absolute Gasteiger partial charge is 0.443 e. The van der Waals surface area contributed by atoms with Gasteiger partial charge in [0.05, 0.1) is 0 Å². The minimum Gasteiger partial charge on any atom is -0.443 e. The molecule has 0 bridgehead atoms. The number of rotatable bonds is 5. The molecule has 0 spiro atoms. The highest BCUT2D eigenvalue weighted by atomic mass is 32.2. The van der Waals surface area contributed by atoms with E-state index in [1.54, 1.807) is 58.9 Å². The molecule has 0 fully saturated rings. The first-order chi connectivity index (χ1) is 10.8. The SMILES string of the molecule is CCCN(C(=O)OC(C)(C)C)S(=O)(=O)C(C)(C)c1ccc(N)cc1. The first-order valence-corrected chi connectivity index (χ1v) is 9.38. The van der Waals surface area contributed by atoms with Crippen LogP contribution in [-0.4, -0.2) is 31.0 Å². The van der Waals surface area contributed by atoms with Crippen molar-refractivity contribution in [2.45, 2.75) is 58.3 Å². The Morgan fingerprint density at radius 1 is 1.12 bits per heavy atom. The normalized spacial score (nSPS) is 12.8. The van der Waals surface area contributed by atoms with Crippen molar-refractivity contribution in [2.24, 2.45) is 0 Å². The number of anilines is 1. The van der Waals surface area contributed by atoms with Gasteiger partial charge in [0.1, 0.15) is 10.3 Å². The Balaban J connectivity index is 3.29. The van der Waals surface area contributed by atoms with Crippen molar-refractivity contribution in [1.82, 2.24) is 4.31 Å². The Morgan fingerprint density at radius 3 is 2.04 bits per heavy atom. The van der Waals surface area contributed by atoms with Gasteiger partial charge in [-0.2, -0.15) is 0 Å². The molecular weight excluding hydrogens is 328 g/mol. The topological polar surface area (TPSA) is 89.7 Å². The van der Waals surface area contributed by atoms with E-state index in [1.165, 1.54) is 0 Å². The average molecular weight is 356 g/mol. The van der Waals surface area contributed by atoms with Gasteiger partial charge in [-0.15, -0.1) is 0 Å². The molecule has 0 unspecified atom stereocenters. The van der Waals surface area contributed by atoms with Gasteiger partial charge in [0.25, 0.3) is 0 Å². The van der Waals surface area contributed by atoms with Crippen LogP contribution in [0.4, 0.5) is 10.5 Å². The maximum Gasteiger partial charge on any atom is 0.424 e. The molecule has 1 aromatic carbocycles. The highest BCUT2D eigenvalue weighted by Gasteiger charge is 2.44. The molecule has 24 heavy (non-hydrogen) atoms. The summed E-state index contributed by atoms with van der Waals surface area (Å²) >= 11 is 0. The van der Waals surface area contributed by atoms with Crippen LogP contribution in [0.15, 0.2) is 24.3 Å². The fourth-order valence-corrected chi connectivity index (χ4v) is 3.78. The minimum absolute atomic E-state index is 0.0651. The smallest absolute Gasteiger partial charge is 0.424 e. The second-order valence-electron chi connectivity index (χ2n) is 7.19. The number of ether oxygens (including phenoxy) is 1. The van der Waals surface area contributed by atoms with E-state index in [2.05, 4.69) is 0 Å². The lowest BCUT2D eigenvalue weighted by atomic mass is 10.0. The average Bonchev–Trinajstić information content (AvgIpc) is 2.42. The minimum atomic E-state index is -3.98. The van der Waals surface area contributed by atoms with Crippen LogP contribution >= 0.6 is 0 Å². The molecule has 1 amide bonds. The molecule has 0 aliphatic carbocycles. The molecule has 1 rings (SSSR count). The lowest BCUT2D eigenvalue weighted by molar-refractivity contribution is 0.0387. The van der Waals surface area contributed by atoms with Crippen LogP contribution in [0.1, 0.15) is 53.5 Å². The summed E-state index contributed by atoms with van der Waals surface area (Å²) in [5.74, 6) is 0. The van der Waals surface area contributed by atoms with E-state index in [9.17, 15) is 13.2 Å². The van der Waals surface area contributed by atoms with Crippen molar-refractivity contribution in [1.29, 1.82) is 0 Å². The Morgan fingerprint density at radius 2 is 1.62 bits per heavy atom. The predicted molar refractivity (Wildman–Crippen MR) is 96.0 cm³/mol. The van der Waals surface area contributed by atoms with Gasteiger partial charge in [-0.3, -0.25) is 0 Å². The molecule has 7 heteroatoms. The lowest BCUT2D eigenvalue weighted by Gasteiger charge is -2.34. The summed E-state index contributed by atoms with van der Waals surface area (Å²) in [6.07, 6.45) is -0.358. The van der Waals surface area contributed by atoms with E-state index >= 15 is 0 Å². The van der Waals surface area contributed by atoms with Crippen molar-refractivity contribution in [3.63, 3.8) is 0 Å². The molecule has 136 valence electrons. The third-order valence-electron chi connectivity index (χ3n) is 3.56. The summed E-state index contributed by atoms with van der Waals surface area (Å²) < 4.78 is 31.1. The molecule has 6 nitrogen and oxygen atoms in total. The molecule has 0 atom stereocenters. The number of hydrogen-bond acceptors (Lipinski definition) is 5. The Labute approximate surface area is 145 Å². The van der Waals surface area contributed by atoms with Crippen molar-refractivity contribution < 1.29 is 17.9 Å². The van der Waals surface area contributed by atoms with Crippen LogP contribution in [0.3, 0.4) is 0 Å². The highest BCUT2D eigenvalue weighted by molar-refractivity contribution is 7.90. The molecule has 1 aromatic rings. The standard InChI is InChI=1S/C17H28N2O4S/c1-7-12-19(15(20)23-16(2,3)4)24(21,22)17(5,6)13-8-10-14(18)11-9-13/h8-11H,7,12,18H2,1-6H3. The van der Waals surface area contributed by atoms with Gasteiger partial charge < -0.3 is 10.5 Å². The van der Waals surface area contributed by atoms with Crippen molar-refractivity contribution >= 4 is 21.8 Å². The van der Waals surface area contributed by atoms with Crippen LogP contribution in [0, 0.1) is 0 Å². The molecule has 0 saturated heterocycles. The van der Waals surface area contributed by atoms with E-state index in [1.807, 2.05) is 6.92 Å². The third-order valence-corrected chi connectivity index (χ3v) is 6.00. The van der Waals surface area contributed by atoms with E-state index in [-0.39, 0.29) is 6.54 Å². The van der Waals surface area contributed by atoms with E-state index < -0.39 is 26.5 Å². The predicted octanol–water partition coefficient (Wildman–Crippen LogP) is 3.48. The number of carbonyl (C=O) groups excluding carboxylic acids is 1. The molecule has 0 radical (unpaired) electrons. The quantitative estimate of drug-likeness (QED) is 0.816. The second-order valence-corrected chi connectivity index (χ2v) is 9.60. The second kappa shape index (κ2) is 7.01. The maximum absolute atomic E-state index is 13.1. The Hall–Kier alpha value is -1.76. The zero-order valence-corrected chi connectivity index (χ0v) is 16.1. The molecule has 0 aliphatic rings. The summed E-state index contributed by atoms with van der Waals surface area (Å²) in [4.78, 5) is 12.4. The number of carbonyl (C=O) groups is 1. The van der Waals surface area contributed by atoms with Gasteiger partial charge in [0.15, 0.2) is 0 Å². The van der Waals surface area contributed by atoms with Gasteiger partial charge >= 0.3 is 6.09 Å². The van der Waals surface area contributed by atoms with Crippen LogP contribution in [0.25, 0.3) is 0 Å². The number of benzene rings is 1. The van der Waals surface area contributed by atoms with Crippen LogP contribution < -0.4 is 5.73 Å². The van der Waals surface area contributed by atoms with Gasteiger partial charge in [-0.1, -0.05) is 19.1 Å². The zero-order chi connectivity index (χ0) is 18.8. The van der Waals surface area contributed by atoms with Gasteiger partial charge in [-0.05, 0) is 58.7 Å². The summed E-state index contributed by atoms with van der Waals surface area (Å²) in [6, 6.07) is 6.60. The van der Waals surface area contributed by atoms with Crippen LogP contribution in [0.2, 0.25) is 0 Å². The number of sulfonamides is 1. The number of amides is 1. The molecule has 2 N–H and O–H groups in total. The fourth-order valence-electron chi connectivity index (χ4n) is 2.13. The number of hydrogen-bond donors (Lipinski definition) is 1. The van der Waals surface area contributed by atoms with E-state index in [0.717, 1.165) is 4.31 Å². The van der Waals surface area contributed by atoms with E-state index in [0.29, 0.717) is 17.7 Å². The molecular formula is C17H28N2O4S.